The van der Waals surface area contributed by atoms with Gasteiger partial charge in [-0.3, -0.25) is 11.3 Å². The maximum absolute atomic E-state index is 6.32. The average molecular weight is 241 g/mol. The van der Waals surface area contributed by atoms with Crippen LogP contribution in [0.3, 0.4) is 0 Å². The molecular formula is C13H21ClN2. The number of aryl methyl sites for hydroxylation is 1. The summed E-state index contributed by atoms with van der Waals surface area (Å²) in [4.78, 5) is 0. The summed E-state index contributed by atoms with van der Waals surface area (Å²) < 4.78 is 0. The minimum absolute atomic E-state index is 0.132. The van der Waals surface area contributed by atoms with Gasteiger partial charge in [0, 0.05) is 11.1 Å². The van der Waals surface area contributed by atoms with Gasteiger partial charge in [-0.15, -0.1) is 0 Å². The van der Waals surface area contributed by atoms with Crippen molar-refractivity contribution in [2.45, 2.75) is 39.7 Å². The standard InChI is InChI=1S/C13H21ClN2/c1-4-6-10(3)13(16-15)11-8-5-7-9(2)12(11)14/h5,7-8,10,13,16H,4,6,15H2,1-3H3. The molecule has 16 heavy (non-hydrogen) atoms. The summed E-state index contributed by atoms with van der Waals surface area (Å²) in [7, 11) is 0. The quantitative estimate of drug-likeness (QED) is 0.610. The highest BCUT2D eigenvalue weighted by atomic mass is 35.5. The Hall–Kier alpha value is -0.570. The van der Waals surface area contributed by atoms with Gasteiger partial charge in [0.25, 0.3) is 0 Å². The van der Waals surface area contributed by atoms with Crippen molar-refractivity contribution in [1.29, 1.82) is 0 Å². The Morgan fingerprint density at radius 2 is 2.12 bits per heavy atom. The van der Waals surface area contributed by atoms with Gasteiger partial charge >= 0.3 is 0 Å². The first-order valence-electron chi connectivity index (χ1n) is 5.83. The van der Waals surface area contributed by atoms with E-state index in [1.165, 1.54) is 0 Å². The van der Waals surface area contributed by atoms with Crippen LogP contribution in [0.1, 0.15) is 43.9 Å². The highest BCUT2D eigenvalue weighted by Gasteiger charge is 2.20. The second-order valence-corrected chi connectivity index (χ2v) is 4.77. The predicted octanol–water partition coefficient (Wildman–Crippen LogP) is 3.59. The molecule has 0 aliphatic rings. The number of rotatable bonds is 5. The molecule has 3 heteroatoms. The average Bonchev–Trinajstić information content (AvgIpc) is 2.25. The predicted molar refractivity (Wildman–Crippen MR) is 70.3 cm³/mol. The van der Waals surface area contributed by atoms with E-state index in [2.05, 4.69) is 19.3 Å². The fraction of sp³-hybridized carbons (Fsp3) is 0.538. The summed E-state index contributed by atoms with van der Waals surface area (Å²) in [5, 5.41) is 0.827. The molecule has 0 saturated carbocycles. The number of halogens is 1. The van der Waals surface area contributed by atoms with Crippen LogP contribution in [0.15, 0.2) is 18.2 Å². The van der Waals surface area contributed by atoms with Crippen LogP contribution >= 0.6 is 11.6 Å². The Morgan fingerprint density at radius 3 is 2.69 bits per heavy atom. The molecule has 2 atom stereocenters. The van der Waals surface area contributed by atoms with Gasteiger partial charge < -0.3 is 0 Å². The molecule has 0 aliphatic carbocycles. The number of hydrogen-bond acceptors (Lipinski definition) is 2. The van der Waals surface area contributed by atoms with Crippen LogP contribution in [0.5, 0.6) is 0 Å². The first-order valence-corrected chi connectivity index (χ1v) is 6.20. The molecule has 0 radical (unpaired) electrons. The van der Waals surface area contributed by atoms with E-state index in [4.69, 9.17) is 17.4 Å². The lowest BCUT2D eigenvalue weighted by atomic mass is 9.91. The number of hydrazine groups is 1. The van der Waals surface area contributed by atoms with Crippen LogP contribution in [0.25, 0.3) is 0 Å². The number of hydrogen-bond donors (Lipinski definition) is 2. The van der Waals surface area contributed by atoms with Crippen LogP contribution in [-0.2, 0) is 0 Å². The van der Waals surface area contributed by atoms with Gasteiger partial charge in [-0.1, -0.05) is 50.1 Å². The van der Waals surface area contributed by atoms with Crippen molar-refractivity contribution in [1.82, 2.24) is 5.43 Å². The van der Waals surface area contributed by atoms with E-state index in [-0.39, 0.29) is 6.04 Å². The highest BCUT2D eigenvalue weighted by Crippen LogP contribution is 2.31. The molecule has 0 aliphatic heterocycles. The zero-order valence-corrected chi connectivity index (χ0v) is 11.0. The maximum Gasteiger partial charge on any atom is 0.0500 e. The van der Waals surface area contributed by atoms with Gasteiger partial charge in [-0.05, 0) is 30.4 Å². The van der Waals surface area contributed by atoms with E-state index in [9.17, 15) is 0 Å². The summed E-state index contributed by atoms with van der Waals surface area (Å²) in [6.45, 7) is 6.40. The third-order valence-electron chi connectivity index (χ3n) is 3.05. The lowest BCUT2D eigenvalue weighted by molar-refractivity contribution is 0.368. The van der Waals surface area contributed by atoms with E-state index in [1.807, 2.05) is 25.1 Å². The van der Waals surface area contributed by atoms with Crippen molar-refractivity contribution in [2.24, 2.45) is 11.8 Å². The minimum atomic E-state index is 0.132. The van der Waals surface area contributed by atoms with Crippen molar-refractivity contribution < 1.29 is 0 Å². The van der Waals surface area contributed by atoms with Gasteiger partial charge in [0.2, 0.25) is 0 Å². The molecule has 0 heterocycles. The Balaban J connectivity index is 2.99. The van der Waals surface area contributed by atoms with Gasteiger partial charge in [0.1, 0.15) is 0 Å². The molecule has 0 spiro atoms. The van der Waals surface area contributed by atoms with Crippen molar-refractivity contribution in [2.75, 3.05) is 0 Å². The SMILES string of the molecule is CCCC(C)C(NN)c1cccc(C)c1Cl. The molecule has 1 aromatic carbocycles. The topological polar surface area (TPSA) is 38.0 Å². The van der Waals surface area contributed by atoms with Crippen molar-refractivity contribution >= 4 is 11.6 Å². The maximum atomic E-state index is 6.32. The summed E-state index contributed by atoms with van der Waals surface area (Å²) in [5.74, 6) is 6.13. The number of nitrogens with two attached hydrogens (primary N) is 1. The summed E-state index contributed by atoms with van der Waals surface area (Å²) in [5.41, 5.74) is 5.09. The van der Waals surface area contributed by atoms with E-state index in [1.54, 1.807) is 0 Å². The molecule has 0 bridgehead atoms. The van der Waals surface area contributed by atoms with Crippen molar-refractivity contribution in [3.63, 3.8) is 0 Å². The minimum Gasteiger partial charge on any atom is -0.271 e. The lowest BCUT2D eigenvalue weighted by Gasteiger charge is -2.24. The molecule has 1 rings (SSSR count). The van der Waals surface area contributed by atoms with E-state index in [0.717, 1.165) is 29.0 Å². The van der Waals surface area contributed by atoms with Gasteiger partial charge in [-0.2, -0.15) is 0 Å². The van der Waals surface area contributed by atoms with E-state index >= 15 is 0 Å². The van der Waals surface area contributed by atoms with Crippen molar-refractivity contribution in [3.05, 3.63) is 34.3 Å². The molecule has 0 aromatic heterocycles. The summed E-state index contributed by atoms with van der Waals surface area (Å²) in [6, 6.07) is 6.22. The van der Waals surface area contributed by atoms with Crippen molar-refractivity contribution in [3.8, 4) is 0 Å². The fourth-order valence-corrected chi connectivity index (χ4v) is 2.34. The smallest absolute Gasteiger partial charge is 0.0500 e. The summed E-state index contributed by atoms with van der Waals surface area (Å²) >= 11 is 6.32. The Bertz CT molecular complexity index is 339. The van der Waals surface area contributed by atoms with E-state index in [0.29, 0.717) is 5.92 Å². The van der Waals surface area contributed by atoms with Crippen LogP contribution in [-0.4, -0.2) is 0 Å². The molecule has 90 valence electrons. The zero-order chi connectivity index (χ0) is 12.1. The van der Waals surface area contributed by atoms with E-state index < -0.39 is 0 Å². The lowest BCUT2D eigenvalue weighted by Crippen LogP contribution is -2.32. The first-order chi connectivity index (χ1) is 7.61. The molecule has 2 unspecified atom stereocenters. The van der Waals surface area contributed by atoms with Gasteiger partial charge in [-0.25, -0.2) is 0 Å². The second-order valence-electron chi connectivity index (χ2n) is 4.39. The summed E-state index contributed by atoms with van der Waals surface area (Å²) in [6.07, 6.45) is 2.29. The van der Waals surface area contributed by atoms with Crippen LogP contribution in [0.2, 0.25) is 5.02 Å². The molecule has 0 fully saturated rings. The molecule has 0 saturated heterocycles. The third kappa shape index (κ3) is 2.97. The second kappa shape index (κ2) is 6.24. The molecule has 0 amide bonds. The fourth-order valence-electron chi connectivity index (χ4n) is 2.09. The molecule has 1 aromatic rings. The largest absolute Gasteiger partial charge is 0.271 e. The first kappa shape index (κ1) is 13.5. The highest BCUT2D eigenvalue weighted by molar-refractivity contribution is 6.32. The van der Waals surface area contributed by atoms with Gasteiger partial charge in [0.05, 0.1) is 0 Å². The number of benzene rings is 1. The number of nitrogens with one attached hydrogen (secondary N) is 1. The molecule has 2 nitrogen and oxygen atoms in total. The Labute approximate surface area is 103 Å². The normalized spacial score (nSPS) is 14.8. The Morgan fingerprint density at radius 1 is 1.44 bits per heavy atom. The van der Waals surface area contributed by atoms with Crippen LogP contribution in [0, 0.1) is 12.8 Å². The third-order valence-corrected chi connectivity index (χ3v) is 3.57. The van der Waals surface area contributed by atoms with Crippen LogP contribution < -0.4 is 11.3 Å². The van der Waals surface area contributed by atoms with Crippen LogP contribution in [0.4, 0.5) is 0 Å². The monoisotopic (exact) mass is 240 g/mol. The molecular weight excluding hydrogens is 220 g/mol. The zero-order valence-electron chi connectivity index (χ0n) is 10.3. The van der Waals surface area contributed by atoms with Gasteiger partial charge in [0.15, 0.2) is 0 Å². The molecule has 3 N–H and O–H groups in total. The Kier molecular flexibility index (Phi) is 5.26.